The molecule has 0 fully saturated rings. The molecular weight excluding hydrogens is 344 g/mol. The highest BCUT2D eigenvalue weighted by Gasteiger charge is 2.12. The monoisotopic (exact) mass is 352 g/mol. The predicted molar refractivity (Wildman–Crippen MR) is 78.3 cm³/mol. The van der Waals surface area contributed by atoms with Crippen LogP contribution in [0.15, 0.2) is 40.0 Å². The topological polar surface area (TPSA) is 121 Å². The highest BCUT2D eigenvalue weighted by Crippen LogP contribution is 2.25. The second-order valence-corrected chi connectivity index (χ2v) is 4.85. The number of phenols is 1. The third kappa shape index (κ3) is 3.66. The number of aromatic nitrogens is 1. The van der Waals surface area contributed by atoms with Crippen LogP contribution in [0.2, 0.25) is 0 Å². The van der Waals surface area contributed by atoms with Gasteiger partial charge in [-0.3, -0.25) is 14.9 Å². The summed E-state index contributed by atoms with van der Waals surface area (Å²) in [6.07, 6.45) is 2.84. The van der Waals surface area contributed by atoms with E-state index in [0.717, 1.165) is 10.5 Å². The molecule has 0 aliphatic rings. The number of hydrogen-bond donors (Lipinski definition) is 3. The Morgan fingerprint density at radius 1 is 1.48 bits per heavy atom. The van der Waals surface area contributed by atoms with Crippen molar-refractivity contribution in [3.05, 3.63) is 56.3 Å². The summed E-state index contributed by atoms with van der Waals surface area (Å²) in [5.41, 5.74) is 2.52. The van der Waals surface area contributed by atoms with Gasteiger partial charge in [-0.05, 0) is 34.1 Å². The van der Waals surface area contributed by atoms with E-state index in [1.807, 2.05) is 0 Å². The molecule has 0 unspecified atom stereocenters. The molecule has 2 rings (SSSR count). The number of nitrogens with zero attached hydrogens (tertiary/aromatic N) is 2. The quantitative estimate of drug-likeness (QED) is 0.443. The first kappa shape index (κ1) is 14.7. The molecule has 0 radical (unpaired) electrons. The largest absolute Gasteiger partial charge is 0.502 e. The van der Waals surface area contributed by atoms with E-state index < -0.39 is 22.3 Å². The molecule has 1 aromatic heterocycles. The van der Waals surface area contributed by atoms with Crippen molar-refractivity contribution in [2.45, 2.75) is 0 Å². The van der Waals surface area contributed by atoms with Crippen LogP contribution in [0.5, 0.6) is 5.75 Å². The van der Waals surface area contributed by atoms with Crippen molar-refractivity contribution >= 4 is 33.7 Å². The maximum atomic E-state index is 11.7. The summed E-state index contributed by atoms with van der Waals surface area (Å²) in [4.78, 5) is 24.3. The van der Waals surface area contributed by atoms with Gasteiger partial charge in [0.1, 0.15) is 5.69 Å². The summed E-state index contributed by atoms with van der Waals surface area (Å²) in [6.45, 7) is 0. The minimum Gasteiger partial charge on any atom is -0.502 e. The lowest BCUT2D eigenvalue weighted by Crippen LogP contribution is -2.17. The fraction of sp³-hybridized carbons (Fsp3) is 0. The maximum Gasteiger partial charge on any atom is 0.311 e. The molecule has 9 heteroatoms. The smallest absolute Gasteiger partial charge is 0.311 e. The van der Waals surface area contributed by atoms with Crippen LogP contribution >= 0.6 is 15.9 Å². The number of carbonyl (C=O) groups excluding carboxylic acids is 1. The standard InChI is InChI=1S/C12H9BrN4O4/c13-8-4-9(14-6-8)12(19)16-15-5-7-1-2-11(18)10(3-7)17(20)21/h1-6,14,18H,(H,16,19)/b15-5-. The van der Waals surface area contributed by atoms with Crippen LogP contribution < -0.4 is 5.43 Å². The molecular formula is C12H9BrN4O4. The van der Waals surface area contributed by atoms with E-state index in [2.05, 4.69) is 31.4 Å². The number of amides is 1. The van der Waals surface area contributed by atoms with Gasteiger partial charge in [0, 0.05) is 22.3 Å². The lowest BCUT2D eigenvalue weighted by Gasteiger charge is -1.98. The number of aromatic hydroxyl groups is 1. The van der Waals surface area contributed by atoms with E-state index in [0.29, 0.717) is 11.3 Å². The SMILES string of the molecule is O=C(N/N=C\c1ccc(O)c([N+](=O)[O-])c1)c1cc(Br)c[nH]1. The minimum atomic E-state index is -0.707. The molecule has 3 N–H and O–H groups in total. The molecule has 8 nitrogen and oxygen atoms in total. The Morgan fingerprint density at radius 3 is 2.86 bits per heavy atom. The second-order valence-electron chi connectivity index (χ2n) is 3.94. The molecule has 0 aliphatic heterocycles. The normalized spacial score (nSPS) is 10.7. The van der Waals surface area contributed by atoms with E-state index in [1.165, 1.54) is 18.3 Å². The average molecular weight is 353 g/mol. The third-order valence-electron chi connectivity index (χ3n) is 2.47. The van der Waals surface area contributed by atoms with Gasteiger partial charge in [0.2, 0.25) is 0 Å². The van der Waals surface area contributed by atoms with Crippen molar-refractivity contribution < 1.29 is 14.8 Å². The molecule has 1 heterocycles. The first-order valence-electron chi connectivity index (χ1n) is 5.62. The first-order chi connectivity index (χ1) is 9.97. The number of hydrazone groups is 1. The van der Waals surface area contributed by atoms with Crippen molar-refractivity contribution in [1.29, 1.82) is 0 Å². The summed E-state index contributed by atoms with van der Waals surface area (Å²) in [5.74, 6) is -0.886. The van der Waals surface area contributed by atoms with Crippen LogP contribution in [0.1, 0.15) is 16.1 Å². The number of hydrogen-bond acceptors (Lipinski definition) is 5. The van der Waals surface area contributed by atoms with Crippen LogP contribution in [-0.2, 0) is 0 Å². The average Bonchev–Trinajstić information content (AvgIpc) is 2.87. The fourth-order valence-electron chi connectivity index (χ4n) is 1.49. The van der Waals surface area contributed by atoms with Gasteiger partial charge in [0.25, 0.3) is 5.91 Å². The molecule has 0 atom stereocenters. The van der Waals surface area contributed by atoms with Gasteiger partial charge in [-0.1, -0.05) is 0 Å². The summed E-state index contributed by atoms with van der Waals surface area (Å²) >= 11 is 3.20. The Bertz CT molecular complexity index is 726. The molecule has 21 heavy (non-hydrogen) atoms. The van der Waals surface area contributed by atoms with Crippen molar-refractivity contribution in [3.63, 3.8) is 0 Å². The van der Waals surface area contributed by atoms with Crippen LogP contribution in [0, 0.1) is 10.1 Å². The molecule has 108 valence electrons. The van der Waals surface area contributed by atoms with E-state index >= 15 is 0 Å². The molecule has 0 saturated carbocycles. The number of nitrogens with one attached hydrogen (secondary N) is 2. The van der Waals surface area contributed by atoms with Gasteiger partial charge in [-0.25, -0.2) is 5.43 Å². The molecule has 0 spiro atoms. The fourth-order valence-corrected chi connectivity index (χ4v) is 1.84. The first-order valence-corrected chi connectivity index (χ1v) is 6.41. The lowest BCUT2D eigenvalue weighted by molar-refractivity contribution is -0.385. The predicted octanol–water partition coefficient (Wildman–Crippen LogP) is 2.15. The number of nitro groups is 1. The van der Waals surface area contributed by atoms with Gasteiger partial charge >= 0.3 is 5.69 Å². The van der Waals surface area contributed by atoms with Crippen molar-refractivity contribution in [2.75, 3.05) is 0 Å². The van der Waals surface area contributed by atoms with E-state index in [1.54, 1.807) is 12.3 Å². The number of phenolic OH excluding ortho intramolecular Hbond substituents is 1. The van der Waals surface area contributed by atoms with Crippen LogP contribution in [-0.4, -0.2) is 27.1 Å². The van der Waals surface area contributed by atoms with Gasteiger partial charge in [-0.15, -0.1) is 0 Å². The molecule has 1 aromatic carbocycles. The summed E-state index contributed by atoms with van der Waals surface area (Å²) in [5, 5.41) is 23.7. The molecule has 0 saturated heterocycles. The van der Waals surface area contributed by atoms with Crippen LogP contribution in [0.4, 0.5) is 5.69 Å². The van der Waals surface area contributed by atoms with E-state index in [-0.39, 0.29) is 0 Å². The Balaban J connectivity index is 2.06. The Hall–Kier alpha value is -2.68. The summed E-state index contributed by atoms with van der Waals surface area (Å²) in [6, 6.07) is 5.35. The van der Waals surface area contributed by atoms with Gasteiger partial charge < -0.3 is 10.1 Å². The highest BCUT2D eigenvalue weighted by atomic mass is 79.9. The highest BCUT2D eigenvalue weighted by molar-refractivity contribution is 9.10. The van der Waals surface area contributed by atoms with Gasteiger partial charge in [0.05, 0.1) is 11.1 Å². The third-order valence-corrected chi connectivity index (χ3v) is 2.93. The Morgan fingerprint density at radius 2 is 2.24 bits per heavy atom. The molecule has 1 amide bonds. The van der Waals surface area contributed by atoms with E-state index in [4.69, 9.17) is 0 Å². The minimum absolute atomic E-state index is 0.315. The second kappa shape index (κ2) is 6.18. The van der Waals surface area contributed by atoms with Crippen molar-refractivity contribution in [1.82, 2.24) is 10.4 Å². The van der Waals surface area contributed by atoms with Crippen LogP contribution in [0.3, 0.4) is 0 Å². The number of aromatic amines is 1. The summed E-state index contributed by atoms with van der Waals surface area (Å²) in [7, 11) is 0. The molecule has 0 bridgehead atoms. The zero-order chi connectivity index (χ0) is 15.4. The molecule has 2 aromatic rings. The number of H-pyrrole nitrogens is 1. The lowest BCUT2D eigenvalue weighted by atomic mass is 10.2. The van der Waals surface area contributed by atoms with Crippen molar-refractivity contribution in [3.8, 4) is 5.75 Å². The zero-order valence-electron chi connectivity index (χ0n) is 10.4. The number of carbonyl (C=O) groups is 1. The zero-order valence-corrected chi connectivity index (χ0v) is 12.0. The number of halogens is 1. The Labute approximate surface area is 126 Å². The van der Waals surface area contributed by atoms with Crippen LogP contribution in [0.25, 0.3) is 0 Å². The Kier molecular flexibility index (Phi) is 4.33. The van der Waals surface area contributed by atoms with Gasteiger partial charge in [-0.2, -0.15) is 5.10 Å². The number of nitro benzene ring substituents is 1. The maximum absolute atomic E-state index is 11.7. The summed E-state index contributed by atoms with van der Waals surface area (Å²) < 4.78 is 0.728. The number of rotatable bonds is 4. The number of benzene rings is 1. The van der Waals surface area contributed by atoms with E-state index in [9.17, 15) is 20.0 Å². The van der Waals surface area contributed by atoms with Crippen molar-refractivity contribution in [2.24, 2.45) is 5.10 Å². The van der Waals surface area contributed by atoms with Gasteiger partial charge in [0.15, 0.2) is 5.75 Å². The molecule has 0 aliphatic carbocycles.